The summed E-state index contributed by atoms with van der Waals surface area (Å²) in [7, 11) is 0. The van der Waals surface area contributed by atoms with E-state index in [-0.39, 0.29) is 18.6 Å². The molecule has 0 bridgehead atoms. The molecule has 0 saturated carbocycles. The Labute approximate surface area is 157 Å². The van der Waals surface area contributed by atoms with Crippen molar-refractivity contribution in [1.82, 2.24) is 5.32 Å². The van der Waals surface area contributed by atoms with Crippen LogP contribution >= 0.6 is 0 Å². The van der Waals surface area contributed by atoms with Crippen molar-refractivity contribution in [2.24, 2.45) is 0 Å². The number of likely N-dealkylation sites (N-methyl/N-ethyl adjacent to an activating group) is 1. The number of benzene rings is 2. The van der Waals surface area contributed by atoms with E-state index in [1.54, 1.807) is 11.0 Å². The molecule has 2 aromatic carbocycles. The van der Waals surface area contributed by atoms with E-state index in [1.807, 2.05) is 49.4 Å². The molecule has 6 heteroatoms. The molecule has 0 aromatic heterocycles. The number of fused-ring (bicyclic) bond motifs is 2. The van der Waals surface area contributed by atoms with Crippen LogP contribution in [0.5, 0.6) is 11.5 Å². The largest absolute Gasteiger partial charge is 0.454 e. The van der Waals surface area contributed by atoms with E-state index in [4.69, 9.17) is 9.47 Å². The number of nitrogens with one attached hydrogen (secondary N) is 1. The lowest BCUT2D eigenvalue weighted by atomic mass is 10.1. The molecule has 6 nitrogen and oxygen atoms in total. The highest BCUT2D eigenvalue weighted by molar-refractivity contribution is 6.09. The zero-order valence-electron chi connectivity index (χ0n) is 15.0. The minimum atomic E-state index is -0.531. The Morgan fingerprint density at radius 2 is 2.00 bits per heavy atom. The quantitative estimate of drug-likeness (QED) is 0.847. The van der Waals surface area contributed by atoms with E-state index in [0.717, 1.165) is 16.8 Å². The Bertz CT molecular complexity index is 922. The van der Waals surface area contributed by atoms with Gasteiger partial charge in [0.1, 0.15) is 6.04 Å². The van der Waals surface area contributed by atoms with Crippen molar-refractivity contribution in [3.8, 4) is 11.5 Å². The maximum atomic E-state index is 12.9. The van der Waals surface area contributed by atoms with Crippen molar-refractivity contribution in [3.05, 3.63) is 59.7 Å². The topological polar surface area (TPSA) is 67.9 Å². The lowest BCUT2D eigenvalue weighted by Crippen LogP contribution is -2.47. The van der Waals surface area contributed by atoms with Crippen molar-refractivity contribution in [2.75, 3.05) is 18.2 Å². The predicted molar refractivity (Wildman–Crippen MR) is 102 cm³/mol. The van der Waals surface area contributed by atoms with Gasteiger partial charge < -0.3 is 14.8 Å². The highest BCUT2D eigenvalue weighted by atomic mass is 16.7. The fourth-order valence-electron chi connectivity index (χ4n) is 3.42. The molecule has 4 rings (SSSR count). The van der Waals surface area contributed by atoms with Gasteiger partial charge in [-0.25, -0.2) is 0 Å². The molecule has 0 radical (unpaired) electrons. The Hall–Kier alpha value is -3.28. The molecule has 2 amide bonds. The van der Waals surface area contributed by atoms with Crippen LogP contribution in [0.15, 0.2) is 48.5 Å². The van der Waals surface area contributed by atoms with E-state index < -0.39 is 6.04 Å². The lowest BCUT2D eigenvalue weighted by molar-refractivity contribution is -0.124. The summed E-state index contributed by atoms with van der Waals surface area (Å²) in [5.41, 5.74) is 2.61. The smallest absolute Gasteiger partial charge is 0.251 e. The zero-order chi connectivity index (χ0) is 18.8. The third-order valence-corrected chi connectivity index (χ3v) is 4.68. The van der Waals surface area contributed by atoms with E-state index in [9.17, 15) is 9.59 Å². The van der Waals surface area contributed by atoms with Crippen molar-refractivity contribution in [3.63, 3.8) is 0 Å². The highest BCUT2D eigenvalue weighted by Crippen LogP contribution is 2.34. The summed E-state index contributed by atoms with van der Waals surface area (Å²) in [6, 6.07) is 12.6. The van der Waals surface area contributed by atoms with Crippen LogP contribution < -0.4 is 19.7 Å². The Morgan fingerprint density at radius 1 is 1.19 bits per heavy atom. The number of carbonyl (C=O) groups is 2. The van der Waals surface area contributed by atoms with Crippen LogP contribution in [0.1, 0.15) is 18.1 Å². The third-order valence-electron chi connectivity index (χ3n) is 4.68. The van der Waals surface area contributed by atoms with E-state index in [2.05, 4.69) is 5.32 Å². The molecule has 0 aliphatic carbocycles. The maximum Gasteiger partial charge on any atom is 0.251 e. The Morgan fingerprint density at radius 3 is 2.85 bits per heavy atom. The van der Waals surface area contributed by atoms with Crippen LogP contribution in [-0.4, -0.2) is 31.2 Å². The number of carbonyl (C=O) groups excluding carboxylic acids is 2. The van der Waals surface area contributed by atoms with Gasteiger partial charge in [0.15, 0.2) is 11.5 Å². The van der Waals surface area contributed by atoms with Gasteiger partial charge in [0.2, 0.25) is 12.7 Å². The number of amides is 2. The molecular formula is C21H20N2O4. The van der Waals surface area contributed by atoms with Crippen molar-refractivity contribution in [1.29, 1.82) is 0 Å². The van der Waals surface area contributed by atoms with Gasteiger partial charge in [-0.1, -0.05) is 24.3 Å². The van der Waals surface area contributed by atoms with Crippen molar-refractivity contribution >= 4 is 23.6 Å². The molecule has 0 fully saturated rings. The summed E-state index contributed by atoms with van der Waals surface area (Å²) in [6.45, 7) is 2.60. The number of para-hydroxylation sites is 1. The summed E-state index contributed by atoms with van der Waals surface area (Å²) in [4.78, 5) is 27.0. The van der Waals surface area contributed by atoms with Gasteiger partial charge in [-0.05, 0) is 42.3 Å². The second-order valence-corrected chi connectivity index (χ2v) is 6.40. The second-order valence-electron chi connectivity index (χ2n) is 6.40. The van der Waals surface area contributed by atoms with Crippen LogP contribution in [0, 0.1) is 0 Å². The Kier molecular flexibility index (Phi) is 4.54. The number of anilines is 1. The first-order valence-corrected chi connectivity index (χ1v) is 8.94. The van der Waals surface area contributed by atoms with Crippen LogP contribution in [0.25, 0.3) is 6.08 Å². The lowest BCUT2D eigenvalue weighted by Gasteiger charge is -2.23. The minimum Gasteiger partial charge on any atom is -0.454 e. The fourth-order valence-corrected chi connectivity index (χ4v) is 3.42. The Balaban J connectivity index is 1.59. The first kappa shape index (κ1) is 17.1. The first-order chi connectivity index (χ1) is 13.2. The van der Waals surface area contributed by atoms with Crippen molar-refractivity contribution in [2.45, 2.75) is 19.4 Å². The molecule has 2 heterocycles. The third kappa shape index (κ3) is 3.26. The number of ether oxygens (including phenoxy) is 2. The summed E-state index contributed by atoms with van der Waals surface area (Å²) >= 11 is 0. The molecule has 2 aliphatic rings. The average molecular weight is 364 g/mol. The number of nitrogens with zero attached hydrogens (tertiary/aromatic N) is 1. The summed E-state index contributed by atoms with van der Waals surface area (Å²) in [6.07, 6.45) is 3.73. The normalized spacial score (nSPS) is 17.2. The molecule has 2 aromatic rings. The van der Waals surface area contributed by atoms with E-state index in [0.29, 0.717) is 24.5 Å². The van der Waals surface area contributed by atoms with Crippen LogP contribution in [0.3, 0.4) is 0 Å². The summed E-state index contributed by atoms with van der Waals surface area (Å²) < 4.78 is 10.7. The van der Waals surface area contributed by atoms with Gasteiger partial charge in [0.25, 0.3) is 5.91 Å². The molecule has 27 heavy (non-hydrogen) atoms. The zero-order valence-corrected chi connectivity index (χ0v) is 15.0. The summed E-state index contributed by atoms with van der Waals surface area (Å²) in [5, 5.41) is 2.82. The molecule has 0 spiro atoms. The highest BCUT2D eigenvalue weighted by Gasteiger charge is 2.37. The van der Waals surface area contributed by atoms with Gasteiger partial charge in [-0.3, -0.25) is 14.5 Å². The van der Waals surface area contributed by atoms with Crippen LogP contribution in [0.2, 0.25) is 0 Å². The number of rotatable bonds is 4. The standard InChI is InChI=1S/C21H20N2O4/c1-2-22-21(25)17-12-15-5-3-4-6-16(15)23(17)20(24)10-8-14-7-9-18-19(11-14)27-13-26-18/h3-11,17H,2,12-13H2,1H3,(H,22,25)/b10-8+. The second kappa shape index (κ2) is 7.15. The van der Waals surface area contributed by atoms with Crippen LogP contribution in [-0.2, 0) is 16.0 Å². The molecule has 1 unspecified atom stereocenters. The van der Waals surface area contributed by atoms with Gasteiger partial charge in [-0.15, -0.1) is 0 Å². The predicted octanol–water partition coefficient (Wildman–Crippen LogP) is 2.52. The van der Waals surface area contributed by atoms with Crippen LogP contribution in [0.4, 0.5) is 5.69 Å². The molecular weight excluding hydrogens is 344 g/mol. The fraction of sp³-hybridized carbons (Fsp3) is 0.238. The van der Waals surface area contributed by atoms with E-state index >= 15 is 0 Å². The molecule has 1 atom stereocenters. The van der Waals surface area contributed by atoms with Gasteiger partial charge in [-0.2, -0.15) is 0 Å². The van der Waals surface area contributed by atoms with E-state index in [1.165, 1.54) is 6.08 Å². The van der Waals surface area contributed by atoms with Gasteiger partial charge in [0.05, 0.1) is 0 Å². The SMILES string of the molecule is CCNC(=O)C1Cc2ccccc2N1C(=O)/C=C/c1ccc2c(c1)OCO2. The molecule has 0 saturated heterocycles. The number of hydrogen-bond donors (Lipinski definition) is 1. The molecule has 138 valence electrons. The summed E-state index contributed by atoms with van der Waals surface area (Å²) in [5.74, 6) is 0.993. The minimum absolute atomic E-state index is 0.140. The van der Waals surface area contributed by atoms with Gasteiger partial charge >= 0.3 is 0 Å². The average Bonchev–Trinajstić information content (AvgIpc) is 3.30. The van der Waals surface area contributed by atoms with Crippen molar-refractivity contribution < 1.29 is 19.1 Å². The van der Waals surface area contributed by atoms with Gasteiger partial charge in [0, 0.05) is 24.7 Å². The first-order valence-electron chi connectivity index (χ1n) is 8.94. The molecule has 2 aliphatic heterocycles. The monoisotopic (exact) mass is 364 g/mol. The number of hydrogen-bond acceptors (Lipinski definition) is 4. The maximum absolute atomic E-state index is 12.9. The molecule has 1 N–H and O–H groups in total.